The molecule has 0 fully saturated rings. The summed E-state index contributed by atoms with van der Waals surface area (Å²) in [6, 6.07) is 3.83. The predicted molar refractivity (Wildman–Crippen MR) is 60.1 cm³/mol. The van der Waals surface area contributed by atoms with Gasteiger partial charge in [-0.2, -0.15) is 8.78 Å². The van der Waals surface area contributed by atoms with E-state index in [0.29, 0.717) is 11.3 Å². The third kappa shape index (κ3) is 3.99. The summed E-state index contributed by atoms with van der Waals surface area (Å²) in [6.07, 6.45) is 0. The molecule has 0 spiro atoms. The Morgan fingerprint density at radius 1 is 1.47 bits per heavy atom. The number of benzene rings is 1. The summed E-state index contributed by atoms with van der Waals surface area (Å²) >= 11 is 0. The van der Waals surface area contributed by atoms with E-state index >= 15 is 0 Å². The van der Waals surface area contributed by atoms with Gasteiger partial charge in [0.25, 0.3) is 0 Å². The lowest BCUT2D eigenvalue weighted by Gasteiger charge is -2.12. The molecule has 1 atom stereocenters. The highest BCUT2D eigenvalue weighted by molar-refractivity contribution is 5.94. The monoisotopic (exact) mass is 244 g/mol. The smallest absolute Gasteiger partial charge is 0.387 e. The minimum atomic E-state index is -2.90. The summed E-state index contributed by atoms with van der Waals surface area (Å²) < 4.78 is 28.5. The van der Waals surface area contributed by atoms with Gasteiger partial charge < -0.3 is 15.8 Å². The molecule has 0 aliphatic rings. The second kappa shape index (κ2) is 5.58. The van der Waals surface area contributed by atoms with E-state index in [1.165, 1.54) is 13.0 Å². The van der Waals surface area contributed by atoms with Crippen molar-refractivity contribution in [1.29, 1.82) is 0 Å². The first kappa shape index (κ1) is 13.4. The molecule has 0 aliphatic carbocycles. The van der Waals surface area contributed by atoms with Crippen LogP contribution in [0.5, 0.6) is 5.75 Å². The van der Waals surface area contributed by atoms with Crippen LogP contribution in [0.2, 0.25) is 0 Å². The molecular weight excluding hydrogens is 230 g/mol. The van der Waals surface area contributed by atoms with Crippen molar-refractivity contribution in [2.75, 3.05) is 5.32 Å². The number of nitrogens with two attached hydrogens (primary N) is 1. The normalized spacial score (nSPS) is 12.4. The van der Waals surface area contributed by atoms with E-state index in [2.05, 4.69) is 10.1 Å². The number of ether oxygens (including phenoxy) is 1. The predicted octanol–water partition coefficient (Wildman–Crippen LogP) is 1.88. The van der Waals surface area contributed by atoms with Crippen molar-refractivity contribution < 1.29 is 18.3 Å². The molecule has 0 saturated carbocycles. The minimum Gasteiger partial charge on any atom is -0.434 e. The van der Waals surface area contributed by atoms with E-state index in [1.54, 1.807) is 19.1 Å². The summed E-state index contributed by atoms with van der Waals surface area (Å²) in [7, 11) is 0. The van der Waals surface area contributed by atoms with Gasteiger partial charge in [-0.15, -0.1) is 0 Å². The third-order valence-electron chi connectivity index (χ3n) is 2.09. The number of carbonyl (C=O) groups is 1. The highest BCUT2D eigenvalue weighted by atomic mass is 19.3. The minimum absolute atomic E-state index is 0.0301. The van der Waals surface area contributed by atoms with E-state index in [9.17, 15) is 13.6 Å². The molecule has 17 heavy (non-hydrogen) atoms. The van der Waals surface area contributed by atoms with Crippen LogP contribution in [0.3, 0.4) is 0 Å². The highest BCUT2D eigenvalue weighted by Crippen LogP contribution is 2.24. The fourth-order valence-electron chi connectivity index (χ4n) is 1.16. The molecule has 1 rings (SSSR count). The van der Waals surface area contributed by atoms with Crippen LogP contribution >= 0.6 is 0 Å². The molecule has 94 valence electrons. The Bertz CT molecular complexity index is 408. The quantitative estimate of drug-likeness (QED) is 0.850. The molecule has 3 N–H and O–H groups in total. The summed E-state index contributed by atoms with van der Waals surface area (Å²) in [5, 5.41) is 2.49. The van der Waals surface area contributed by atoms with Gasteiger partial charge in [0.1, 0.15) is 5.75 Å². The second-order valence-electron chi connectivity index (χ2n) is 3.64. The molecule has 4 nitrogen and oxygen atoms in total. The standard InChI is InChI=1S/C11H14F2N2O2/c1-6-3-4-8(15-10(16)7(2)14)5-9(6)17-11(12)13/h3-5,7,11H,14H2,1-2H3,(H,15,16)/t7-/m0/s1. The first-order valence-corrected chi connectivity index (χ1v) is 5.02. The molecule has 0 aromatic heterocycles. The average molecular weight is 244 g/mol. The molecule has 0 saturated heterocycles. The van der Waals surface area contributed by atoms with Crippen LogP contribution in [-0.4, -0.2) is 18.6 Å². The Morgan fingerprint density at radius 3 is 2.65 bits per heavy atom. The van der Waals surface area contributed by atoms with Crippen molar-refractivity contribution in [1.82, 2.24) is 0 Å². The number of anilines is 1. The summed E-state index contributed by atoms with van der Waals surface area (Å²) in [5.74, 6) is -0.362. The van der Waals surface area contributed by atoms with Gasteiger partial charge in [-0.25, -0.2) is 0 Å². The molecule has 0 bridgehead atoms. The number of hydrogen-bond donors (Lipinski definition) is 2. The zero-order chi connectivity index (χ0) is 13.0. The largest absolute Gasteiger partial charge is 0.434 e. The fraction of sp³-hybridized carbons (Fsp3) is 0.364. The van der Waals surface area contributed by atoms with E-state index in [0.717, 1.165) is 0 Å². The molecule has 1 aromatic rings. The molecule has 1 aromatic carbocycles. The number of nitrogens with one attached hydrogen (secondary N) is 1. The third-order valence-corrected chi connectivity index (χ3v) is 2.09. The SMILES string of the molecule is Cc1ccc(NC(=O)[C@H](C)N)cc1OC(F)F. The Kier molecular flexibility index (Phi) is 4.39. The van der Waals surface area contributed by atoms with Gasteiger partial charge in [-0.3, -0.25) is 4.79 Å². The number of carbonyl (C=O) groups excluding carboxylic acids is 1. The van der Waals surface area contributed by atoms with Gasteiger partial charge in [-0.05, 0) is 25.5 Å². The molecule has 0 unspecified atom stereocenters. The zero-order valence-corrected chi connectivity index (χ0v) is 9.54. The van der Waals surface area contributed by atoms with Crippen molar-refractivity contribution in [2.24, 2.45) is 5.73 Å². The van der Waals surface area contributed by atoms with Gasteiger partial charge in [0, 0.05) is 11.8 Å². The molecule has 1 amide bonds. The topological polar surface area (TPSA) is 64.4 Å². The van der Waals surface area contributed by atoms with Crippen LogP contribution < -0.4 is 15.8 Å². The van der Waals surface area contributed by atoms with Gasteiger partial charge in [0.15, 0.2) is 0 Å². The maximum Gasteiger partial charge on any atom is 0.387 e. The Balaban J connectivity index is 2.85. The van der Waals surface area contributed by atoms with Gasteiger partial charge in [0.2, 0.25) is 5.91 Å². The maximum absolute atomic E-state index is 12.1. The lowest BCUT2D eigenvalue weighted by atomic mass is 10.2. The van der Waals surface area contributed by atoms with Crippen LogP contribution in [0.25, 0.3) is 0 Å². The molecule has 0 radical (unpaired) electrons. The number of alkyl halides is 2. The van der Waals surface area contributed by atoms with Crippen molar-refractivity contribution in [2.45, 2.75) is 26.5 Å². The summed E-state index contributed by atoms with van der Waals surface area (Å²) in [5.41, 5.74) is 6.30. The van der Waals surface area contributed by atoms with E-state index in [1.807, 2.05) is 0 Å². The van der Waals surface area contributed by atoms with E-state index < -0.39 is 18.6 Å². The van der Waals surface area contributed by atoms with Crippen molar-refractivity contribution >= 4 is 11.6 Å². The second-order valence-corrected chi connectivity index (χ2v) is 3.64. The lowest BCUT2D eigenvalue weighted by Crippen LogP contribution is -2.32. The van der Waals surface area contributed by atoms with Crippen LogP contribution in [0.15, 0.2) is 18.2 Å². The number of amides is 1. The van der Waals surface area contributed by atoms with Crippen LogP contribution in [0.1, 0.15) is 12.5 Å². The zero-order valence-electron chi connectivity index (χ0n) is 9.54. The highest BCUT2D eigenvalue weighted by Gasteiger charge is 2.11. The Labute approximate surface area is 97.8 Å². The first-order valence-electron chi connectivity index (χ1n) is 5.02. The summed E-state index contributed by atoms with van der Waals surface area (Å²) in [4.78, 5) is 11.3. The number of aryl methyl sites for hydroxylation is 1. The molecular formula is C11H14F2N2O2. The van der Waals surface area contributed by atoms with Gasteiger partial charge >= 0.3 is 6.61 Å². The van der Waals surface area contributed by atoms with E-state index in [-0.39, 0.29) is 5.75 Å². The van der Waals surface area contributed by atoms with Crippen molar-refractivity contribution in [3.05, 3.63) is 23.8 Å². The van der Waals surface area contributed by atoms with Crippen LogP contribution in [-0.2, 0) is 4.79 Å². The number of rotatable bonds is 4. The van der Waals surface area contributed by atoms with Gasteiger partial charge in [0.05, 0.1) is 6.04 Å². The molecule has 6 heteroatoms. The number of halogens is 2. The molecule has 0 aliphatic heterocycles. The average Bonchev–Trinajstić information content (AvgIpc) is 2.22. The van der Waals surface area contributed by atoms with E-state index in [4.69, 9.17) is 5.73 Å². The maximum atomic E-state index is 12.1. The molecule has 0 heterocycles. The Morgan fingerprint density at radius 2 is 2.12 bits per heavy atom. The summed E-state index contributed by atoms with van der Waals surface area (Å²) in [6.45, 7) is 0.266. The van der Waals surface area contributed by atoms with Crippen LogP contribution in [0, 0.1) is 6.92 Å². The van der Waals surface area contributed by atoms with Crippen molar-refractivity contribution in [3.8, 4) is 5.75 Å². The first-order chi connectivity index (χ1) is 7.90. The van der Waals surface area contributed by atoms with Gasteiger partial charge in [-0.1, -0.05) is 6.07 Å². The lowest BCUT2D eigenvalue weighted by molar-refractivity contribution is -0.117. The number of hydrogen-bond acceptors (Lipinski definition) is 3. The van der Waals surface area contributed by atoms with Crippen LogP contribution in [0.4, 0.5) is 14.5 Å². The van der Waals surface area contributed by atoms with Crippen molar-refractivity contribution in [3.63, 3.8) is 0 Å². The Hall–Kier alpha value is -1.69. The fourth-order valence-corrected chi connectivity index (χ4v) is 1.16.